The average molecular weight is 353 g/mol. The summed E-state index contributed by atoms with van der Waals surface area (Å²) in [7, 11) is 0. The Balaban J connectivity index is 1.63. The molecule has 9 heteroatoms. The SMILES string of the molecule is O=C(COc1ccc(Cl)cc1)NNC(=O)CSc1ncccn1. The van der Waals surface area contributed by atoms with E-state index < -0.39 is 5.91 Å². The molecule has 0 aliphatic rings. The molecule has 0 radical (unpaired) electrons. The fourth-order valence-corrected chi connectivity index (χ4v) is 2.11. The number of carbonyl (C=O) groups is 2. The molecule has 1 aromatic heterocycles. The number of hydrazine groups is 1. The van der Waals surface area contributed by atoms with Crippen LogP contribution in [0.3, 0.4) is 0 Å². The van der Waals surface area contributed by atoms with Gasteiger partial charge in [-0.2, -0.15) is 0 Å². The van der Waals surface area contributed by atoms with E-state index in [1.165, 1.54) is 0 Å². The second-order valence-corrected chi connectivity index (χ2v) is 5.54. The first-order valence-electron chi connectivity index (χ1n) is 6.49. The summed E-state index contributed by atoms with van der Waals surface area (Å²) in [5.41, 5.74) is 4.54. The van der Waals surface area contributed by atoms with Gasteiger partial charge < -0.3 is 4.74 Å². The molecule has 0 bridgehead atoms. The second kappa shape index (κ2) is 8.96. The van der Waals surface area contributed by atoms with Gasteiger partial charge in [-0.1, -0.05) is 23.4 Å². The molecule has 2 N–H and O–H groups in total. The summed E-state index contributed by atoms with van der Waals surface area (Å²) >= 11 is 6.90. The molecule has 2 amide bonds. The number of ether oxygens (including phenoxy) is 1. The Labute approximate surface area is 141 Å². The zero-order chi connectivity index (χ0) is 16.5. The number of rotatable bonds is 6. The fourth-order valence-electron chi connectivity index (χ4n) is 1.38. The van der Waals surface area contributed by atoms with Crippen LogP contribution in [0.4, 0.5) is 0 Å². The van der Waals surface area contributed by atoms with Gasteiger partial charge in [0.2, 0.25) is 5.91 Å². The van der Waals surface area contributed by atoms with Gasteiger partial charge in [-0.3, -0.25) is 20.4 Å². The molecule has 23 heavy (non-hydrogen) atoms. The lowest BCUT2D eigenvalue weighted by Gasteiger charge is -2.08. The molecular formula is C14H13ClN4O3S. The van der Waals surface area contributed by atoms with Gasteiger partial charge in [0.1, 0.15) is 5.75 Å². The number of hydrogen-bond acceptors (Lipinski definition) is 6. The fraction of sp³-hybridized carbons (Fsp3) is 0.143. The molecule has 0 fully saturated rings. The molecule has 0 saturated heterocycles. The average Bonchev–Trinajstić information content (AvgIpc) is 2.58. The van der Waals surface area contributed by atoms with Gasteiger partial charge in [-0.15, -0.1) is 0 Å². The van der Waals surface area contributed by atoms with Gasteiger partial charge in [0.05, 0.1) is 5.75 Å². The van der Waals surface area contributed by atoms with Gasteiger partial charge in [0.25, 0.3) is 5.91 Å². The molecule has 0 atom stereocenters. The third kappa shape index (κ3) is 6.54. The van der Waals surface area contributed by atoms with Crippen LogP contribution >= 0.6 is 23.4 Å². The summed E-state index contributed by atoms with van der Waals surface area (Å²) in [6, 6.07) is 8.28. The molecular weight excluding hydrogens is 340 g/mol. The first-order valence-corrected chi connectivity index (χ1v) is 7.86. The highest BCUT2D eigenvalue weighted by Crippen LogP contribution is 2.15. The highest BCUT2D eigenvalue weighted by atomic mass is 35.5. The van der Waals surface area contributed by atoms with E-state index in [1.54, 1.807) is 42.7 Å². The van der Waals surface area contributed by atoms with E-state index in [1.807, 2.05) is 0 Å². The van der Waals surface area contributed by atoms with Crippen molar-refractivity contribution in [2.24, 2.45) is 0 Å². The number of nitrogens with zero attached hydrogens (tertiary/aromatic N) is 2. The second-order valence-electron chi connectivity index (χ2n) is 4.16. The molecule has 0 unspecified atom stereocenters. The van der Waals surface area contributed by atoms with Gasteiger partial charge in [-0.05, 0) is 30.3 Å². The molecule has 0 aliphatic carbocycles. The van der Waals surface area contributed by atoms with Crippen LogP contribution in [0.25, 0.3) is 0 Å². The zero-order valence-electron chi connectivity index (χ0n) is 11.9. The van der Waals surface area contributed by atoms with Crippen molar-refractivity contribution in [1.82, 2.24) is 20.8 Å². The van der Waals surface area contributed by atoms with E-state index >= 15 is 0 Å². The summed E-state index contributed by atoms with van der Waals surface area (Å²) in [5.74, 6) is -0.258. The third-order valence-corrected chi connectivity index (χ3v) is 3.53. The van der Waals surface area contributed by atoms with Crippen LogP contribution in [0.5, 0.6) is 5.75 Å². The summed E-state index contributed by atoms with van der Waals surface area (Å²) in [4.78, 5) is 31.1. The van der Waals surface area contributed by atoms with E-state index in [4.69, 9.17) is 16.3 Å². The minimum absolute atomic E-state index is 0.0856. The van der Waals surface area contributed by atoms with Crippen molar-refractivity contribution in [3.05, 3.63) is 47.7 Å². The number of halogens is 1. The summed E-state index contributed by atoms with van der Waals surface area (Å²) in [5, 5.41) is 1.06. The van der Waals surface area contributed by atoms with Crippen molar-refractivity contribution in [1.29, 1.82) is 0 Å². The molecule has 0 saturated carbocycles. The summed E-state index contributed by atoms with van der Waals surface area (Å²) in [6.07, 6.45) is 3.17. The molecule has 1 aromatic carbocycles. The van der Waals surface area contributed by atoms with Crippen LogP contribution in [-0.2, 0) is 9.59 Å². The maximum atomic E-state index is 11.6. The summed E-state index contributed by atoms with van der Waals surface area (Å²) in [6.45, 7) is -0.225. The normalized spacial score (nSPS) is 9.96. The molecule has 1 heterocycles. The number of benzene rings is 1. The molecule has 0 spiro atoms. The Hall–Kier alpha value is -2.32. The van der Waals surface area contributed by atoms with Crippen molar-refractivity contribution in [2.45, 2.75) is 5.16 Å². The molecule has 0 aliphatic heterocycles. The van der Waals surface area contributed by atoms with Gasteiger partial charge >= 0.3 is 0 Å². The van der Waals surface area contributed by atoms with Crippen LogP contribution in [0, 0.1) is 0 Å². The van der Waals surface area contributed by atoms with E-state index in [0.29, 0.717) is 15.9 Å². The van der Waals surface area contributed by atoms with Gasteiger partial charge in [-0.25, -0.2) is 9.97 Å². The monoisotopic (exact) mass is 352 g/mol. The first-order chi connectivity index (χ1) is 11.1. The minimum Gasteiger partial charge on any atom is -0.484 e. The van der Waals surface area contributed by atoms with Crippen LogP contribution in [0.1, 0.15) is 0 Å². The predicted octanol–water partition coefficient (Wildman–Crippen LogP) is 1.45. The maximum Gasteiger partial charge on any atom is 0.276 e. The number of amides is 2. The van der Waals surface area contributed by atoms with E-state index in [0.717, 1.165) is 11.8 Å². The molecule has 120 valence electrons. The van der Waals surface area contributed by atoms with Crippen LogP contribution in [0.15, 0.2) is 47.9 Å². The number of carbonyl (C=O) groups excluding carboxylic acids is 2. The minimum atomic E-state index is -0.478. The predicted molar refractivity (Wildman–Crippen MR) is 86.0 cm³/mol. The standard InChI is InChI=1S/C14H13ClN4O3S/c15-10-2-4-11(5-3-10)22-8-12(20)18-19-13(21)9-23-14-16-6-1-7-17-14/h1-7H,8-9H2,(H,18,20)(H,19,21). The van der Waals surface area contributed by atoms with Crippen molar-refractivity contribution in [3.63, 3.8) is 0 Å². The van der Waals surface area contributed by atoms with Crippen molar-refractivity contribution in [2.75, 3.05) is 12.4 Å². The van der Waals surface area contributed by atoms with Crippen LogP contribution in [0.2, 0.25) is 5.02 Å². The number of aromatic nitrogens is 2. The quantitative estimate of drug-likeness (QED) is 0.464. The Morgan fingerprint density at radius 3 is 2.43 bits per heavy atom. The lowest BCUT2D eigenvalue weighted by atomic mass is 10.3. The number of nitrogens with one attached hydrogen (secondary N) is 2. The van der Waals surface area contributed by atoms with Crippen molar-refractivity contribution < 1.29 is 14.3 Å². The van der Waals surface area contributed by atoms with Crippen LogP contribution in [-0.4, -0.2) is 34.1 Å². The number of thioether (sulfide) groups is 1. The van der Waals surface area contributed by atoms with Gasteiger partial charge in [0.15, 0.2) is 11.8 Å². The van der Waals surface area contributed by atoms with E-state index in [-0.39, 0.29) is 18.3 Å². The molecule has 2 aromatic rings. The highest BCUT2D eigenvalue weighted by molar-refractivity contribution is 7.99. The first kappa shape index (κ1) is 17.0. The smallest absolute Gasteiger partial charge is 0.276 e. The van der Waals surface area contributed by atoms with E-state index in [2.05, 4.69) is 20.8 Å². The molecule has 7 nitrogen and oxygen atoms in total. The highest BCUT2D eigenvalue weighted by Gasteiger charge is 2.07. The Morgan fingerprint density at radius 1 is 1.09 bits per heavy atom. The summed E-state index contributed by atoms with van der Waals surface area (Å²) < 4.78 is 5.24. The third-order valence-electron chi connectivity index (χ3n) is 2.40. The topological polar surface area (TPSA) is 93.2 Å². The van der Waals surface area contributed by atoms with Crippen molar-refractivity contribution >= 4 is 35.2 Å². The largest absolute Gasteiger partial charge is 0.484 e. The molecule has 2 rings (SSSR count). The Kier molecular flexibility index (Phi) is 6.64. The lowest BCUT2D eigenvalue weighted by molar-refractivity contribution is -0.128. The van der Waals surface area contributed by atoms with E-state index in [9.17, 15) is 9.59 Å². The Morgan fingerprint density at radius 2 is 1.74 bits per heavy atom. The zero-order valence-corrected chi connectivity index (χ0v) is 13.4. The lowest BCUT2D eigenvalue weighted by Crippen LogP contribution is -2.44. The number of hydrogen-bond donors (Lipinski definition) is 2. The maximum absolute atomic E-state index is 11.6. The van der Waals surface area contributed by atoms with Gasteiger partial charge in [0, 0.05) is 17.4 Å². The van der Waals surface area contributed by atoms with Crippen LogP contribution < -0.4 is 15.6 Å². The Bertz CT molecular complexity index is 655. The van der Waals surface area contributed by atoms with Crippen molar-refractivity contribution in [3.8, 4) is 5.75 Å².